The fourth-order valence-electron chi connectivity index (χ4n) is 3.93. The summed E-state index contributed by atoms with van der Waals surface area (Å²) in [6.45, 7) is 7.18. The Kier molecular flexibility index (Phi) is 2.78. The van der Waals surface area contributed by atoms with E-state index in [9.17, 15) is 0 Å². The molecule has 1 aliphatic rings. The summed E-state index contributed by atoms with van der Waals surface area (Å²) in [6.07, 6.45) is 2.36. The van der Waals surface area contributed by atoms with Gasteiger partial charge in [0.1, 0.15) is 0 Å². The maximum Gasteiger partial charge on any atom is -0.00266 e. The van der Waals surface area contributed by atoms with Crippen LogP contribution in [0.3, 0.4) is 0 Å². The molecule has 0 saturated heterocycles. The Bertz CT molecular complexity index is 580. The first-order valence-corrected chi connectivity index (χ1v) is 7.15. The Morgan fingerprint density at radius 1 is 0.789 bits per heavy atom. The molecule has 0 heterocycles. The molecule has 3 rings (SSSR count). The summed E-state index contributed by atoms with van der Waals surface area (Å²) in [6, 6.07) is 19.9. The van der Waals surface area contributed by atoms with E-state index in [2.05, 4.69) is 75.4 Å². The van der Waals surface area contributed by atoms with Crippen LogP contribution in [0.4, 0.5) is 0 Å². The largest absolute Gasteiger partial charge is 0.0622 e. The normalized spacial score (nSPS) is 24.8. The minimum atomic E-state index is 0.249. The van der Waals surface area contributed by atoms with Crippen molar-refractivity contribution in [1.29, 1.82) is 0 Å². The molecule has 0 radical (unpaired) electrons. The van der Waals surface area contributed by atoms with E-state index >= 15 is 0 Å². The Morgan fingerprint density at radius 2 is 1.42 bits per heavy atom. The van der Waals surface area contributed by atoms with Crippen LogP contribution in [-0.4, -0.2) is 0 Å². The van der Waals surface area contributed by atoms with Crippen molar-refractivity contribution in [1.82, 2.24) is 0 Å². The minimum absolute atomic E-state index is 0.249. The van der Waals surface area contributed by atoms with E-state index in [1.165, 1.54) is 23.1 Å². The third-order valence-corrected chi connectivity index (χ3v) is 4.63. The first kappa shape index (κ1) is 12.5. The highest BCUT2D eigenvalue weighted by atomic mass is 14.4. The smallest absolute Gasteiger partial charge is 0.00266 e. The van der Waals surface area contributed by atoms with Crippen LogP contribution in [0.1, 0.15) is 43.9 Å². The van der Waals surface area contributed by atoms with Crippen molar-refractivity contribution in [3.8, 4) is 0 Å². The van der Waals surface area contributed by atoms with Crippen molar-refractivity contribution in [3.63, 3.8) is 0 Å². The number of rotatable bonds is 1. The van der Waals surface area contributed by atoms with Gasteiger partial charge in [-0.3, -0.25) is 0 Å². The summed E-state index contributed by atoms with van der Waals surface area (Å²) in [5, 5.41) is 0. The summed E-state index contributed by atoms with van der Waals surface area (Å²) < 4.78 is 0. The summed E-state index contributed by atoms with van der Waals surface area (Å²) in [4.78, 5) is 0. The van der Waals surface area contributed by atoms with E-state index in [1.54, 1.807) is 0 Å². The number of hydrogen-bond acceptors (Lipinski definition) is 0. The van der Waals surface area contributed by atoms with Crippen LogP contribution in [0.15, 0.2) is 54.6 Å². The molecule has 0 heteroatoms. The lowest BCUT2D eigenvalue weighted by Crippen LogP contribution is -2.39. The lowest BCUT2D eigenvalue weighted by atomic mass is 9.59. The van der Waals surface area contributed by atoms with Gasteiger partial charge in [-0.2, -0.15) is 0 Å². The first-order valence-electron chi connectivity index (χ1n) is 7.15. The number of benzene rings is 2. The summed E-state index contributed by atoms with van der Waals surface area (Å²) in [5.41, 5.74) is 5.02. The van der Waals surface area contributed by atoms with Crippen LogP contribution in [-0.2, 0) is 17.3 Å². The van der Waals surface area contributed by atoms with Crippen LogP contribution in [0.5, 0.6) is 0 Å². The van der Waals surface area contributed by atoms with E-state index < -0.39 is 0 Å². The van der Waals surface area contributed by atoms with Crippen molar-refractivity contribution in [3.05, 3.63) is 71.3 Å². The SMILES string of the molecule is CC1(C)CC(C)(c2ccccc2)Cc2ccccc21. The highest BCUT2D eigenvalue weighted by Crippen LogP contribution is 2.47. The van der Waals surface area contributed by atoms with Crippen molar-refractivity contribution in [2.75, 3.05) is 0 Å². The Hall–Kier alpha value is -1.56. The van der Waals surface area contributed by atoms with E-state index in [1.807, 2.05) is 0 Å². The third-order valence-electron chi connectivity index (χ3n) is 4.63. The number of hydrogen-bond donors (Lipinski definition) is 0. The predicted octanol–water partition coefficient (Wildman–Crippen LogP) is 4.87. The second-order valence-corrected chi connectivity index (χ2v) is 6.82. The lowest BCUT2D eigenvalue weighted by molar-refractivity contribution is 0.296. The molecular formula is C19H22. The summed E-state index contributed by atoms with van der Waals surface area (Å²) >= 11 is 0. The van der Waals surface area contributed by atoms with E-state index in [-0.39, 0.29) is 10.8 Å². The molecule has 0 bridgehead atoms. The van der Waals surface area contributed by atoms with Gasteiger partial charge in [0.05, 0.1) is 0 Å². The molecule has 0 nitrogen and oxygen atoms in total. The van der Waals surface area contributed by atoms with Gasteiger partial charge in [0.15, 0.2) is 0 Å². The van der Waals surface area contributed by atoms with Gasteiger partial charge in [0.25, 0.3) is 0 Å². The topological polar surface area (TPSA) is 0 Å². The molecule has 0 aromatic heterocycles. The van der Waals surface area contributed by atoms with Gasteiger partial charge in [-0.05, 0) is 40.4 Å². The molecule has 19 heavy (non-hydrogen) atoms. The van der Waals surface area contributed by atoms with Crippen LogP contribution < -0.4 is 0 Å². The maximum absolute atomic E-state index is 2.42. The molecule has 1 aliphatic carbocycles. The zero-order valence-electron chi connectivity index (χ0n) is 12.1. The zero-order chi connectivity index (χ0) is 13.5. The molecule has 98 valence electrons. The zero-order valence-corrected chi connectivity index (χ0v) is 12.1. The highest BCUT2D eigenvalue weighted by molar-refractivity contribution is 5.41. The average molecular weight is 250 g/mol. The van der Waals surface area contributed by atoms with Crippen LogP contribution >= 0.6 is 0 Å². The molecule has 2 aromatic rings. The van der Waals surface area contributed by atoms with Crippen LogP contribution in [0, 0.1) is 0 Å². The fraction of sp³-hybridized carbons (Fsp3) is 0.368. The molecule has 2 aromatic carbocycles. The van der Waals surface area contributed by atoms with Gasteiger partial charge in [-0.15, -0.1) is 0 Å². The van der Waals surface area contributed by atoms with E-state index in [4.69, 9.17) is 0 Å². The number of fused-ring (bicyclic) bond motifs is 1. The lowest BCUT2D eigenvalue weighted by Gasteiger charge is -2.44. The van der Waals surface area contributed by atoms with Gasteiger partial charge in [-0.1, -0.05) is 75.4 Å². The van der Waals surface area contributed by atoms with Gasteiger partial charge < -0.3 is 0 Å². The summed E-state index contributed by atoms with van der Waals surface area (Å²) in [7, 11) is 0. The molecular weight excluding hydrogens is 228 g/mol. The maximum atomic E-state index is 2.42. The van der Waals surface area contributed by atoms with Crippen LogP contribution in [0.25, 0.3) is 0 Å². The third kappa shape index (κ3) is 2.10. The molecule has 0 fully saturated rings. The Labute approximate surface area is 116 Å². The average Bonchev–Trinajstić information content (AvgIpc) is 2.39. The molecule has 0 N–H and O–H groups in total. The van der Waals surface area contributed by atoms with Crippen molar-refractivity contribution < 1.29 is 0 Å². The molecule has 0 aliphatic heterocycles. The Morgan fingerprint density at radius 3 is 2.16 bits per heavy atom. The van der Waals surface area contributed by atoms with Crippen LogP contribution in [0.2, 0.25) is 0 Å². The fourth-order valence-corrected chi connectivity index (χ4v) is 3.93. The van der Waals surface area contributed by atoms with E-state index in [0.29, 0.717) is 0 Å². The Balaban J connectivity index is 2.10. The first-order chi connectivity index (χ1) is 9.01. The van der Waals surface area contributed by atoms with Gasteiger partial charge in [0.2, 0.25) is 0 Å². The predicted molar refractivity (Wildman–Crippen MR) is 81.6 cm³/mol. The standard InChI is InChI=1S/C19H22/c1-18(2)14-19(3,16-10-5-4-6-11-16)13-15-9-7-8-12-17(15)18/h4-12H,13-14H2,1-3H3. The second-order valence-electron chi connectivity index (χ2n) is 6.82. The van der Waals surface area contributed by atoms with Gasteiger partial charge in [0, 0.05) is 0 Å². The second kappa shape index (κ2) is 4.23. The molecule has 0 saturated carbocycles. The summed E-state index contributed by atoms with van der Waals surface area (Å²) in [5.74, 6) is 0. The highest BCUT2D eigenvalue weighted by Gasteiger charge is 2.40. The molecule has 1 atom stereocenters. The van der Waals surface area contributed by atoms with Gasteiger partial charge in [-0.25, -0.2) is 0 Å². The van der Waals surface area contributed by atoms with Crippen molar-refractivity contribution >= 4 is 0 Å². The van der Waals surface area contributed by atoms with Crippen molar-refractivity contribution in [2.45, 2.75) is 44.4 Å². The van der Waals surface area contributed by atoms with Crippen molar-refractivity contribution in [2.24, 2.45) is 0 Å². The van der Waals surface area contributed by atoms with Gasteiger partial charge >= 0.3 is 0 Å². The molecule has 0 spiro atoms. The molecule has 1 unspecified atom stereocenters. The minimum Gasteiger partial charge on any atom is -0.0622 e. The monoisotopic (exact) mass is 250 g/mol. The quantitative estimate of drug-likeness (QED) is 0.677. The van der Waals surface area contributed by atoms with E-state index in [0.717, 1.165) is 6.42 Å². The molecule has 0 amide bonds.